The highest BCUT2D eigenvalue weighted by Gasteiger charge is 2.52. The quantitative estimate of drug-likeness (QED) is 0.478. The summed E-state index contributed by atoms with van der Waals surface area (Å²) in [7, 11) is -4.05. The molecule has 0 bridgehead atoms. The standard InChI is InChI=1S/C23H20F3N3O5S/c1-22(2)20(30)29(15-7-9-16(10-8-15)35(32,33)23(24,25)26)21(31)28(22)13-14-11-12-27-19-17(14)5-4-6-18(19)34-3/h4-12H,13H2,1-3H3. The molecule has 35 heavy (non-hydrogen) atoms. The van der Waals surface area contributed by atoms with E-state index in [0.29, 0.717) is 16.8 Å². The second-order valence-electron chi connectivity index (χ2n) is 8.34. The fourth-order valence-corrected chi connectivity index (χ4v) is 4.68. The van der Waals surface area contributed by atoms with Crippen LogP contribution >= 0.6 is 0 Å². The Bertz CT molecular complexity index is 1440. The maximum absolute atomic E-state index is 13.3. The van der Waals surface area contributed by atoms with Crippen molar-refractivity contribution in [2.75, 3.05) is 12.0 Å². The van der Waals surface area contributed by atoms with E-state index in [1.54, 1.807) is 38.2 Å². The van der Waals surface area contributed by atoms with E-state index in [0.717, 1.165) is 34.6 Å². The van der Waals surface area contributed by atoms with Gasteiger partial charge in [-0.2, -0.15) is 13.2 Å². The minimum atomic E-state index is -5.56. The molecule has 1 aliphatic heterocycles. The summed E-state index contributed by atoms with van der Waals surface area (Å²) in [6.07, 6.45) is 1.56. The second kappa shape index (κ2) is 8.22. The summed E-state index contributed by atoms with van der Waals surface area (Å²) < 4.78 is 67.1. The van der Waals surface area contributed by atoms with Crippen LogP contribution in [-0.2, 0) is 21.2 Å². The molecule has 0 spiro atoms. The van der Waals surface area contributed by atoms with E-state index in [9.17, 15) is 31.2 Å². The van der Waals surface area contributed by atoms with Gasteiger partial charge < -0.3 is 9.64 Å². The molecule has 2 aromatic carbocycles. The van der Waals surface area contributed by atoms with E-state index in [-0.39, 0.29) is 12.2 Å². The number of rotatable bonds is 5. The van der Waals surface area contributed by atoms with E-state index in [1.165, 1.54) is 12.0 Å². The number of aromatic nitrogens is 1. The van der Waals surface area contributed by atoms with Gasteiger partial charge in [0.1, 0.15) is 16.8 Å². The number of imide groups is 1. The molecule has 1 fully saturated rings. The number of methoxy groups -OCH3 is 1. The molecular formula is C23H20F3N3O5S. The Morgan fingerprint density at radius 1 is 1.03 bits per heavy atom. The Morgan fingerprint density at radius 2 is 1.69 bits per heavy atom. The van der Waals surface area contributed by atoms with Crippen molar-refractivity contribution in [3.63, 3.8) is 0 Å². The van der Waals surface area contributed by atoms with E-state index in [4.69, 9.17) is 4.74 Å². The Balaban J connectivity index is 1.69. The predicted molar refractivity (Wildman–Crippen MR) is 120 cm³/mol. The molecule has 4 rings (SSSR count). The van der Waals surface area contributed by atoms with Crippen LogP contribution in [0.1, 0.15) is 19.4 Å². The van der Waals surface area contributed by atoms with Crippen LogP contribution in [0.5, 0.6) is 5.75 Å². The van der Waals surface area contributed by atoms with E-state index in [2.05, 4.69) is 4.98 Å². The summed E-state index contributed by atoms with van der Waals surface area (Å²) in [5.74, 6) is -0.0622. The van der Waals surface area contributed by atoms with Crippen LogP contribution in [0.15, 0.2) is 59.6 Å². The highest BCUT2D eigenvalue weighted by atomic mass is 32.2. The van der Waals surface area contributed by atoms with Crippen molar-refractivity contribution in [2.45, 2.75) is 36.3 Å². The molecule has 184 valence electrons. The average molecular weight is 507 g/mol. The molecule has 0 unspecified atom stereocenters. The summed E-state index contributed by atoms with van der Waals surface area (Å²) in [5, 5.41) is 0.725. The lowest BCUT2D eigenvalue weighted by molar-refractivity contribution is -0.123. The first-order chi connectivity index (χ1) is 16.3. The zero-order chi connectivity index (χ0) is 25.8. The van der Waals surface area contributed by atoms with Crippen LogP contribution in [0.2, 0.25) is 0 Å². The minimum absolute atomic E-state index is 0.0425. The molecule has 0 radical (unpaired) electrons. The lowest BCUT2D eigenvalue weighted by atomic mass is 10.0. The lowest BCUT2D eigenvalue weighted by Crippen LogP contribution is -2.43. The second-order valence-corrected chi connectivity index (χ2v) is 10.3. The number of carbonyl (C=O) groups is 2. The molecule has 0 atom stereocenters. The maximum Gasteiger partial charge on any atom is 0.501 e. The third-order valence-corrected chi connectivity index (χ3v) is 7.41. The molecule has 0 aliphatic carbocycles. The largest absolute Gasteiger partial charge is 0.501 e. The number of sulfone groups is 1. The number of nitrogens with zero attached hydrogens (tertiary/aromatic N) is 3. The van der Waals surface area contributed by atoms with E-state index >= 15 is 0 Å². The normalized spacial score (nSPS) is 16.3. The molecule has 3 amide bonds. The minimum Gasteiger partial charge on any atom is -0.494 e. The molecule has 0 saturated carbocycles. The number of fused-ring (bicyclic) bond motifs is 1. The van der Waals surface area contributed by atoms with Gasteiger partial charge in [0.15, 0.2) is 0 Å². The van der Waals surface area contributed by atoms with Crippen molar-refractivity contribution in [3.8, 4) is 5.75 Å². The first kappa shape index (κ1) is 24.5. The van der Waals surface area contributed by atoms with Gasteiger partial charge in [0.25, 0.3) is 15.7 Å². The van der Waals surface area contributed by atoms with Crippen LogP contribution in [0.3, 0.4) is 0 Å². The van der Waals surface area contributed by atoms with Gasteiger partial charge in [-0.05, 0) is 55.8 Å². The number of anilines is 1. The molecule has 0 N–H and O–H groups in total. The van der Waals surface area contributed by atoms with Crippen molar-refractivity contribution >= 4 is 38.4 Å². The average Bonchev–Trinajstić information content (AvgIpc) is 2.97. The summed E-state index contributed by atoms with van der Waals surface area (Å²) in [5.41, 5.74) is -5.51. The molecule has 1 aromatic heterocycles. The number of amides is 3. The summed E-state index contributed by atoms with van der Waals surface area (Å²) >= 11 is 0. The van der Waals surface area contributed by atoms with Crippen LogP contribution in [-0.4, -0.2) is 48.4 Å². The number of hydrogen-bond acceptors (Lipinski definition) is 6. The van der Waals surface area contributed by atoms with Crippen molar-refractivity contribution in [1.82, 2.24) is 9.88 Å². The van der Waals surface area contributed by atoms with Gasteiger partial charge in [-0.1, -0.05) is 12.1 Å². The van der Waals surface area contributed by atoms with E-state index < -0.39 is 37.7 Å². The Labute approximate surface area is 198 Å². The molecule has 3 aromatic rings. The third-order valence-electron chi connectivity index (χ3n) is 5.91. The Morgan fingerprint density at radius 3 is 2.29 bits per heavy atom. The van der Waals surface area contributed by atoms with Crippen molar-refractivity contribution < 1.29 is 35.9 Å². The summed E-state index contributed by atoms with van der Waals surface area (Å²) in [6, 6.07) is 9.80. The number of ether oxygens (including phenoxy) is 1. The first-order valence-corrected chi connectivity index (χ1v) is 11.8. The number of urea groups is 1. The van der Waals surface area contributed by atoms with Crippen molar-refractivity contribution in [1.29, 1.82) is 0 Å². The maximum atomic E-state index is 13.3. The van der Waals surface area contributed by atoms with Gasteiger partial charge >= 0.3 is 11.5 Å². The first-order valence-electron chi connectivity index (χ1n) is 10.3. The zero-order valence-corrected chi connectivity index (χ0v) is 19.6. The van der Waals surface area contributed by atoms with Gasteiger partial charge in [0.2, 0.25) is 0 Å². The van der Waals surface area contributed by atoms with Gasteiger partial charge in [-0.3, -0.25) is 9.78 Å². The van der Waals surface area contributed by atoms with Crippen LogP contribution in [0.25, 0.3) is 10.9 Å². The molecule has 2 heterocycles. The molecule has 12 heteroatoms. The molecule has 1 aliphatic rings. The highest BCUT2D eigenvalue weighted by Crippen LogP contribution is 2.36. The van der Waals surface area contributed by atoms with Gasteiger partial charge in [0, 0.05) is 18.1 Å². The fourth-order valence-electron chi connectivity index (χ4n) is 3.92. The van der Waals surface area contributed by atoms with Crippen LogP contribution in [0.4, 0.5) is 23.7 Å². The van der Waals surface area contributed by atoms with Gasteiger partial charge in [-0.15, -0.1) is 0 Å². The zero-order valence-electron chi connectivity index (χ0n) is 18.8. The predicted octanol–water partition coefficient (Wildman–Crippen LogP) is 4.28. The number of halogens is 3. The monoisotopic (exact) mass is 507 g/mol. The summed E-state index contributed by atoms with van der Waals surface area (Å²) in [4.78, 5) is 32.0. The summed E-state index contributed by atoms with van der Waals surface area (Å²) in [6.45, 7) is 3.15. The van der Waals surface area contributed by atoms with Crippen LogP contribution < -0.4 is 9.64 Å². The van der Waals surface area contributed by atoms with E-state index in [1.807, 2.05) is 6.07 Å². The SMILES string of the molecule is COc1cccc2c(CN3C(=O)N(c4ccc(S(=O)(=O)C(F)(F)F)cc4)C(=O)C3(C)C)ccnc12. The molecule has 8 nitrogen and oxygen atoms in total. The smallest absolute Gasteiger partial charge is 0.494 e. The highest BCUT2D eigenvalue weighted by molar-refractivity contribution is 7.92. The van der Waals surface area contributed by atoms with Gasteiger partial charge in [-0.25, -0.2) is 18.1 Å². The molecular weight excluding hydrogens is 487 g/mol. The number of alkyl halides is 3. The number of benzene rings is 2. The number of hydrogen-bond donors (Lipinski definition) is 0. The van der Waals surface area contributed by atoms with Crippen molar-refractivity contribution in [3.05, 3.63) is 60.3 Å². The lowest BCUT2D eigenvalue weighted by Gasteiger charge is -2.28. The van der Waals surface area contributed by atoms with Crippen molar-refractivity contribution in [2.24, 2.45) is 0 Å². The number of carbonyl (C=O) groups excluding carboxylic acids is 2. The van der Waals surface area contributed by atoms with Gasteiger partial charge in [0.05, 0.1) is 17.7 Å². The fraction of sp³-hybridized carbons (Fsp3) is 0.261. The number of pyridine rings is 1. The topological polar surface area (TPSA) is 96.9 Å². The number of para-hydroxylation sites is 1. The third kappa shape index (κ3) is 3.87. The molecule has 1 saturated heterocycles. The Hall–Kier alpha value is -3.67. The van der Waals surface area contributed by atoms with Crippen LogP contribution in [0, 0.1) is 0 Å². The Kier molecular flexibility index (Phi) is 5.75.